The van der Waals surface area contributed by atoms with E-state index in [0.717, 1.165) is 4.90 Å². The van der Waals surface area contributed by atoms with Crippen LogP contribution in [0, 0.1) is 5.92 Å². The quantitative estimate of drug-likeness (QED) is 0.730. The van der Waals surface area contributed by atoms with Crippen molar-refractivity contribution in [2.24, 2.45) is 10.9 Å². The normalized spacial score (nSPS) is 20.0. The highest BCUT2D eigenvalue weighted by atomic mass is 16.7. The van der Waals surface area contributed by atoms with Crippen molar-refractivity contribution in [3.63, 3.8) is 0 Å². The van der Waals surface area contributed by atoms with Gasteiger partial charge >= 0.3 is 11.9 Å². The van der Waals surface area contributed by atoms with E-state index < -0.39 is 30.3 Å². The van der Waals surface area contributed by atoms with Gasteiger partial charge in [0, 0.05) is 17.3 Å². The lowest BCUT2D eigenvalue weighted by Crippen LogP contribution is -2.56. The highest BCUT2D eigenvalue weighted by Crippen LogP contribution is 2.34. The summed E-state index contributed by atoms with van der Waals surface area (Å²) in [6.07, 6.45) is 1.57. The summed E-state index contributed by atoms with van der Waals surface area (Å²) in [7, 11) is 1.52. The number of hydrogen-bond acceptors (Lipinski definition) is 7. The van der Waals surface area contributed by atoms with Crippen molar-refractivity contribution in [3.05, 3.63) is 29.5 Å². The van der Waals surface area contributed by atoms with E-state index in [1.165, 1.54) is 11.6 Å². The lowest BCUT2D eigenvalue weighted by Gasteiger charge is -2.29. The third-order valence-corrected chi connectivity index (χ3v) is 4.93. The number of amides is 4. The molecule has 1 N–H and O–H groups in total. The van der Waals surface area contributed by atoms with Gasteiger partial charge in [-0.25, -0.2) is 4.79 Å². The number of nitrogens with zero attached hydrogens (tertiary/aromatic N) is 3. The summed E-state index contributed by atoms with van der Waals surface area (Å²) in [5, 5.41) is 2.67. The van der Waals surface area contributed by atoms with Crippen LogP contribution in [0.15, 0.2) is 34.5 Å². The van der Waals surface area contributed by atoms with Gasteiger partial charge in [-0.15, -0.1) is 4.99 Å². The molecule has 0 bridgehead atoms. The van der Waals surface area contributed by atoms with Crippen molar-refractivity contribution < 1.29 is 33.2 Å². The summed E-state index contributed by atoms with van der Waals surface area (Å²) in [6.45, 7) is 3.63. The maximum absolute atomic E-state index is 13.1. The maximum Gasteiger partial charge on any atom is 0.446 e. The number of ether oxygens (including phenoxy) is 3. The molecule has 30 heavy (non-hydrogen) atoms. The predicted molar refractivity (Wildman–Crippen MR) is 106 cm³/mol. The summed E-state index contributed by atoms with van der Waals surface area (Å²) in [5.74, 6) is -0.115. The van der Waals surface area contributed by atoms with Crippen molar-refractivity contribution in [2.75, 3.05) is 32.3 Å². The summed E-state index contributed by atoms with van der Waals surface area (Å²) >= 11 is 0. The molecule has 4 rings (SSSR count). The molecule has 0 fully saturated rings. The minimum absolute atomic E-state index is 0.119. The first-order chi connectivity index (χ1) is 14.4. The average molecular weight is 413 g/mol. The highest BCUT2D eigenvalue weighted by Gasteiger charge is 2.50. The Hall–Kier alpha value is -3.69. The largest absolute Gasteiger partial charge is 0.496 e. The van der Waals surface area contributed by atoms with Gasteiger partial charge in [-0.2, -0.15) is 9.48 Å². The number of anilines is 1. The van der Waals surface area contributed by atoms with Crippen LogP contribution in [0.25, 0.3) is 0 Å². The molecule has 0 saturated heterocycles. The number of allylic oxidation sites excluding steroid dienone is 1. The monoisotopic (exact) mass is 413 g/mol. The van der Waals surface area contributed by atoms with Crippen molar-refractivity contribution in [2.45, 2.75) is 13.8 Å². The van der Waals surface area contributed by atoms with E-state index in [4.69, 9.17) is 14.2 Å². The molecular weight excluding hydrogens is 392 g/mol. The zero-order valence-corrected chi connectivity index (χ0v) is 16.8. The molecule has 4 amide bonds. The molecule has 1 atom stereocenters. The van der Waals surface area contributed by atoms with Gasteiger partial charge in [0.25, 0.3) is 11.7 Å². The van der Waals surface area contributed by atoms with Crippen molar-refractivity contribution in [1.82, 2.24) is 4.90 Å². The van der Waals surface area contributed by atoms with E-state index in [9.17, 15) is 14.4 Å². The molecular formula is C20H21N4O6+. The van der Waals surface area contributed by atoms with E-state index in [1.807, 2.05) is 6.92 Å². The Bertz CT molecular complexity index is 1040. The van der Waals surface area contributed by atoms with Crippen LogP contribution >= 0.6 is 0 Å². The number of dihydropyridines is 1. The number of carbonyl (C=O) groups excluding carboxylic acids is 3. The Morgan fingerprint density at radius 1 is 1.33 bits per heavy atom. The average Bonchev–Trinajstić information content (AvgIpc) is 3.19. The number of rotatable bonds is 5. The predicted octanol–water partition coefficient (Wildman–Crippen LogP) is 1.37. The second kappa shape index (κ2) is 7.62. The zero-order valence-electron chi connectivity index (χ0n) is 16.8. The Kier molecular flexibility index (Phi) is 4.98. The number of imide groups is 1. The first kappa shape index (κ1) is 19.6. The third kappa shape index (κ3) is 3.30. The van der Waals surface area contributed by atoms with Gasteiger partial charge in [0.05, 0.1) is 13.7 Å². The topological polar surface area (TPSA) is 110 Å². The SMILES string of the molecule is CCOC1=C(C)C=NC2=[N+](C)C(=O)N(CC(=O)Nc3ccc4c(c3)OCO4)C(=O)C12. The summed E-state index contributed by atoms with van der Waals surface area (Å²) < 4.78 is 17.5. The fraction of sp³-hybridized carbons (Fsp3) is 0.350. The fourth-order valence-corrected chi connectivity index (χ4v) is 3.49. The molecule has 3 aliphatic heterocycles. The van der Waals surface area contributed by atoms with Crippen LogP contribution in [0.1, 0.15) is 13.8 Å². The van der Waals surface area contributed by atoms with E-state index in [1.54, 1.807) is 31.3 Å². The Labute approximate surface area is 172 Å². The number of urea groups is 1. The Balaban J connectivity index is 1.55. The molecule has 10 nitrogen and oxygen atoms in total. The van der Waals surface area contributed by atoms with Gasteiger partial charge in [-0.05, 0) is 26.0 Å². The van der Waals surface area contributed by atoms with Gasteiger partial charge in [0.1, 0.15) is 12.0 Å². The molecule has 0 saturated carbocycles. The summed E-state index contributed by atoms with van der Waals surface area (Å²) in [4.78, 5) is 43.6. The van der Waals surface area contributed by atoms with Gasteiger partial charge in [-0.1, -0.05) is 0 Å². The number of amidine groups is 1. The van der Waals surface area contributed by atoms with E-state index in [-0.39, 0.29) is 12.6 Å². The lowest BCUT2D eigenvalue weighted by atomic mass is 9.96. The molecule has 1 aromatic carbocycles. The van der Waals surface area contributed by atoms with Crippen molar-refractivity contribution in [3.8, 4) is 11.5 Å². The number of nitrogens with one attached hydrogen (secondary N) is 1. The number of benzene rings is 1. The Morgan fingerprint density at radius 2 is 2.10 bits per heavy atom. The van der Waals surface area contributed by atoms with Gasteiger partial charge in [0.15, 0.2) is 24.0 Å². The molecule has 3 aliphatic rings. The molecule has 0 aromatic heterocycles. The van der Waals surface area contributed by atoms with Gasteiger partial charge < -0.3 is 19.5 Å². The summed E-state index contributed by atoms with van der Waals surface area (Å²) in [6, 6.07) is 4.32. The molecule has 3 heterocycles. The van der Waals surface area contributed by atoms with Crippen LogP contribution in [0.4, 0.5) is 10.5 Å². The van der Waals surface area contributed by atoms with Crippen LogP contribution in [-0.2, 0) is 14.3 Å². The maximum atomic E-state index is 13.1. The molecule has 10 heteroatoms. The van der Waals surface area contributed by atoms with E-state index in [2.05, 4.69) is 10.3 Å². The summed E-state index contributed by atoms with van der Waals surface area (Å²) in [5.41, 5.74) is 1.17. The number of aliphatic imine (C=N–C) groups is 1. The third-order valence-electron chi connectivity index (χ3n) is 4.93. The van der Waals surface area contributed by atoms with Crippen LogP contribution < -0.4 is 14.8 Å². The van der Waals surface area contributed by atoms with E-state index >= 15 is 0 Å². The molecule has 0 radical (unpaired) electrons. The second-order valence-electron chi connectivity index (χ2n) is 6.91. The number of hydrogen-bond donors (Lipinski definition) is 1. The second-order valence-corrected chi connectivity index (χ2v) is 6.91. The first-order valence-electron chi connectivity index (χ1n) is 9.43. The number of carbonyl (C=O) groups is 3. The lowest BCUT2D eigenvalue weighted by molar-refractivity contribution is -0.408. The van der Waals surface area contributed by atoms with Gasteiger partial charge in [0.2, 0.25) is 6.79 Å². The standard InChI is InChI=1S/C20H20N4O6/c1-4-28-17-11(2)8-21-18-16(17)19(26)24(20(27)23(18)3)9-15(25)22-12-5-6-13-14(7-12)30-10-29-13/h5-8,16H,4,9-10H2,1-3H3/p+1. The van der Waals surface area contributed by atoms with Crippen LogP contribution in [0.5, 0.6) is 11.5 Å². The fourth-order valence-electron chi connectivity index (χ4n) is 3.49. The van der Waals surface area contributed by atoms with Crippen LogP contribution in [0.3, 0.4) is 0 Å². The first-order valence-corrected chi connectivity index (χ1v) is 9.43. The molecule has 1 aromatic rings. The molecule has 0 aliphatic carbocycles. The number of fused-ring (bicyclic) bond motifs is 2. The Morgan fingerprint density at radius 3 is 2.87 bits per heavy atom. The van der Waals surface area contributed by atoms with Crippen molar-refractivity contribution >= 4 is 35.6 Å². The van der Waals surface area contributed by atoms with Gasteiger partial charge in [-0.3, -0.25) is 9.59 Å². The van der Waals surface area contributed by atoms with Crippen LogP contribution in [-0.4, -0.2) is 66.4 Å². The molecule has 156 valence electrons. The molecule has 0 spiro atoms. The molecule has 1 unspecified atom stereocenters. The zero-order chi connectivity index (χ0) is 21.4. The van der Waals surface area contributed by atoms with E-state index in [0.29, 0.717) is 35.1 Å². The highest BCUT2D eigenvalue weighted by molar-refractivity contribution is 6.17. The van der Waals surface area contributed by atoms with Crippen LogP contribution in [0.2, 0.25) is 0 Å². The minimum atomic E-state index is -0.865. The van der Waals surface area contributed by atoms with Crippen molar-refractivity contribution in [1.29, 1.82) is 0 Å². The smallest absolute Gasteiger partial charge is 0.446 e. The minimum Gasteiger partial charge on any atom is -0.496 e.